The predicted octanol–water partition coefficient (Wildman–Crippen LogP) is 3.24. The van der Waals surface area contributed by atoms with Crippen LogP contribution in [-0.4, -0.2) is 29.7 Å². The van der Waals surface area contributed by atoms with E-state index in [2.05, 4.69) is 4.98 Å². The van der Waals surface area contributed by atoms with E-state index in [9.17, 15) is 9.90 Å². The summed E-state index contributed by atoms with van der Waals surface area (Å²) in [6.45, 7) is 1.91. The fourth-order valence-electron chi connectivity index (χ4n) is 4.20. The van der Waals surface area contributed by atoms with Gasteiger partial charge in [-0.25, -0.2) is 4.98 Å². The van der Waals surface area contributed by atoms with Gasteiger partial charge < -0.3 is 24.7 Å². The number of carbonyl (C=O) groups excluding carboxylic acids is 1. The number of aromatic nitrogens is 1. The van der Waals surface area contributed by atoms with Crippen molar-refractivity contribution in [3.05, 3.63) is 52.9 Å². The Hall–Kier alpha value is -3.06. The molecule has 0 radical (unpaired) electrons. The number of hydrogen-bond acceptors (Lipinski definition) is 6. The average Bonchev–Trinajstić information content (AvgIpc) is 3.03. The van der Waals surface area contributed by atoms with Crippen molar-refractivity contribution in [1.82, 2.24) is 4.98 Å². The molecule has 3 aromatic rings. The van der Waals surface area contributed by atoms with Crippen molar-refractivity contribution >= 4 is 16.9 Å². The van der Waals surface area contributed by atoms with E-state index in [1.807, 2.05) is 18.2 Å². The number of hydrogen-bond donors (Lipinski definition) is 2. The number of fused-ring (bicyclic) bond motifs is 1. The van der Waals surface area contributed by atoms with Crippen LogP contribution in [0.4, 0.5) is 0 Å². The second-order valence-electron chi connectivity index (χ2n) is 7.46. The average molecular weight is 396 g/mol. The first kappa shape index (κ1) is 19.3. The standard InChI is InChI=1S/C22H24N2O5/c1-13-17(20(23)26)18-15(29-13)6-7-16(19(18)22(12-25)8-4-9-22)28-11-14-5-3-10-24-21(14)27-2/h3,5-7,10,25H,4,8-9,11-12H2,1-2H3,(H2,23,26). The lowest BCUT2D eigenvalue weighted by molar-refractivity contribution is 0.0999. The number of aliphatic hydroxyl groups is 1. The summed E-state index contributed by atoms with van der Waals surface area (Å²) < 4.78 is 17.3. The van der Waals surface area contributed by atoms with E-state index in [1.54, 1.807) is 26.3 Å². The Balaban J connectivity index is 1.85. The van der Waals surface area contributed by atoms with Crippen LogP contribution in [0.15, 0.2) is 34.9 Å². The number of ether oxygens (including phenoxy) is 2. The maximum absolute atomic E-state index is 12.2. The number of furan rings is 1. The number of rotatable bonds is 7. The number of carbonyl (C=O) groups is 1. The van der Waals surface area contributed by atoms with Crippen LogP contribution >= 0.6 is 0 Å². The van der Waals surface area contributed by atoms with Gasteiger partial charge in [0.1, 0.15) is 23.7 Å². The molecule has 1 aliphatic carbocycles. The van der Waals surface area contributed by atoms with Crippen molar-refractivity contribution in [2.75, 3.05) is 13.7 Å². The topological polar surface area (TPSA) is 108 Å². The summed E-state index contributed by atoms with van der Waals surface area (Å²) in [6, 6.07) is 7.30. The molecule has 0 unspecified atom stereocenters. The second-order valence-corrected chi connectivity index (χ2v) is 7.46. The molecule has 1 saturated carbocycles. The molecule has 0 saturated heterocycles. The lowest BCUT2D eigenvalue weighted by Crippen LogP contribution is -2.38. The quantitative estimate of drug-likeness (QED) is 0.635. The van der Waals surface area contributed by atoms with Crippen LogP contribution in [0, 0.1) is 6.92 Å². The zero-order valence-corrected chi connectivity index (χ0v) is 16.5. The third kappa shape index (κ3) is 3.11. The van der Waals surface area contributed by atoms with Gasteiger partial charge in [-0.2, -0.15) is 0 Å². The van der Waals surface area contributed by atoms with Crippen LogP contribution in [0.25, 0.3) is 11.0 Å². The summed E-state index contributed by atoms with van der Waals surface area (Å²) in [4.78, 5) is 16.4. The van der Waals surface area contributed by atoms with E-state index in [-0.39, 0.29) is 13.2 Å². The minimum atomic E-state index is -0.555. The van der Waals surface area contributed by atoms with Crippen LogP contribution in [0.3, 0.4) is 0 Å². The summed E-state index contributed by atoms with van der Waals surface area (Å²) in [5.74, 6) is 1.00. The molecule has 1 amide bonds. The molecule has 1 aromatic carbocycles. The molecular weight excluding hydrogens is 372 g/mol. The zero-order valence-electron chi connectivity index (χ0n) is 16.5. The smallest absolute Gasteiger partial charge is 0.252 e. The van der Waals surface area contributed by atoms with Crippen LogP contribution in [0.1, 0.15) is 46.5 Å². The summed E-state index contributed by atoms with van der Waals surface area (Å²) >= 11 is 0. The van der Waals surface area contributed by atoms with Gasteiger partial charge in [0.05, 0.1) is 24.8 Å². The fourth-order valence-corrected chi connectivity index (χ4v) is 4.20. The second kappa shape index (κ2) is 7.40. The number of primary amides is 1. The van der Waals surface area contributed by atoms with E-state index < -0.39 is 11.3 Å². The molecule has 2 heterocycles. The van der Waals surface area contributed by atoms with Gasteiger partial charge in [0, 0.05) is 22.6 Å². The maximum atomic E-state index is 12.2. The Morgan fingerprint density at radius 2 is 2.14 bits per heavy atom. The minimum absolute atomic E-state index is 0.0406. The van der Waals surface area contributed by atoms with Crippen LogP contribution in [-0.2, 0) is 12.0 Å². The molecule has 152 valence electrons. The van der Waals surface area contributed by atoms with Gasteiger partial charge in [0.15, 0.2) is 0 Å². The third-order valence-corrected chi connectivity index (χ3v) is 5.81. The molecule has 4 rings (SSSR count). The van der Waals surface area contributed by atoms with Crippen LogP contribution < -0.4 is 15.2 Å². The molecular formula is C22H24N2O5. The number of amides is 1. The maximum Gasteiger partial charge on any atom is 0.252 e. The highest BCUT2D eigenvalue weighted by molar-refractivity contribution is 6.08. The van der Waals surface area contributed by atoms with Gasteiger partial charge in [-0.15, -0.1) is 0 Å². The molecule has 0 spiro atoms. The summed E-state index contributed by atoms with van der Waals surface area (Å²) in [6.07, 6.45) is 4.26. The van der Waals surface area contributed by atoms with Crippen LogP contribution in [0.5, 0.6) is 11.6 Å². The molecule has 0 bridgehead atoms. The lowest BCUT2D eigenvalue weighted by Gasteiger charge is -2.42. The fraction of sp³-hybridized carbons (Fsp3) is 0.364. The van der Waals surface area contributed by atoms with Crippen molar-refractivity contribution in [3.63, 3.8) is 0 Å². The van der Waals surface area contributed by atoms with Gasteiger partial charge >= 0.3 is 0 Å². The molecule has 0 aliphatic heterocycles. The van der Waals surface area contributed by atoms with Gasteiger partial charge in [-0.05, 0) is 44.0 Å². The first-order chi connectivity index (χ1) is 14.0. The van der Waals surface area contributed by atoms with Gasteiger partial charge in [0.25, 0.3) is 5.91 Å². The van der Waals surface area contributed by atoms with Gasteiger partial charge in [0.2, 0.25) is 5.88 Å². The van der Waals surface area contributed by atoms with E-state index >= 15 is 0 Å². The molecule has 29 heavy (non-hydrogen) atoms. The molecule has 7 nitrogen and oxygen atoms in total. The van der Waals surface area contributed by atoms with E-state index in [0.29, 0.717) is 33.9 Å². The predicted molar refractivity (Wildman–Crippen MR) is 107 cm³/mol. The Kier molecular flexibility index (Phi) is 4.92. The summed E-state index contributed by atoms with van der Waals surface area (Å²) in [5.41, 5.74) is 7.69. The molecule has 2 aromatic heterocycles. The number of benzene rings is 1. The van der Waals surface area contributed by atoms with Crippen molar-refractivity contribution in [3.8, 4) is 11.6 Å². The number of nitrogens with two attached hydrogens (primary N) is 1. The van der Waals surface area contributed by atoms with Crippen molar-refractivity contribution in [1.29, 1.82) is 0 Å². The SMILES string of the molecule is COc1ncccc1COc1ccc2oc(C)c(C(N)=O)c2c1C1(CO)CCC1. The van der Waals surface area contributed by atoms with Crippen molar-refractivity contribution < 1.29 is 23.8 Å². The number of pyridine rings is 1. The van der Waals surface area contributed by atoms with Gasteiger partial charge in [-0.1, -0.05) is 6.42 Å². The van der Waals surface area contributed by atoms with E-state index in [4.69, 9.17) is 19.6 Å². The molecule has 1 fully saturated rings. The van der Waals surface area contributed by atoms with E-state index in [1.165, 1.54) is 0 Å². The van der Waals surface area contributed by atoms with Crippen molar-refractivity contribution in [2.24, 2.45) is 5.73 Å². The molecule has 0 atom stereocenters. The third-order valence-electron chi connectivity index (χ3n) is 5.81. The normalized spacial score (nSPS) is 15.1. The molecule has 3 N–H and O–H groups in total. The van der Waals surface area contributed by atoms with E-state index in [0.717, 1.165) is 30.4 Å². The monoisotopic (exact) mass is 396 g/mol. The number of aryl methyl sites for hydroxylation is 1. The minimum Gasteiger partial charge on any atom is -0.488 e. The Morgan fingerprint density at radius 3 is 2.76 bits per heavy atom. The first-order valence-electron chi connectivity index (χ1n) is 9.58. The Bertz CT molecular complexity index is 1060. The highest BCUT2D eigenvalue weighted by atomic mass is 16.5. The highest BCUT2D eigenvalue weighted by Crippen LogP contribution is 2.51. The number of methoxy groups -OCH3 is 1. The zero-order chi connectivity index (χ0) is 20.6. The Labute approximate surface area is 168 Å². The first-order valence-corrected chi connectivity index (χ1v) is 9.58. The van der Waals surface area contributed by atoms with Crippen LogP contribution in [0.2, 0.25) is 0 Å². The largest absolute Gasteiger partial charge is 0.488 e. The van der Waals surface area contributed by atoms with Gasteiger partial charge in [-0.3, -0.25) is 4.79 Å². The Morgan fingerprint density at radius 1 is 1.34 bits per heavy atom. The summed E-state index contributed by atoms with van der Waals surface area (Å²) in [7, 11) is 1.56. The highest BCUT2D eigenvalue weighted by Gasteiger charge is 2.43. The molecule has 7 heteroatoms. The lowest BCUT2D eigenvalue weighted by atomic mass is 9.63. The number of nitrogens with zero attached hydrogens (tertiary/aromatic N) is 1. The number of aliphatic hydroxyl groups excluding tert-OH is 1. The molecule has 1 aliphatic rings. The van der Waals surface area contributed by atoms with Crippen molar-refractivity contribution in [2.45, 2.75) is 38.2 Å². The summed E-state index contributed by atoms with van der Waals surface area (Å²) in [5, 5.41) is 10.9.